The van der Waals surface area contributed by atoms with E-state index in [1.54, 1.807) is 0 Å². The van der Waals surface area contributed by atoms with Crippen LogP contribution in [0.3, 0.4) is 0 Å². The number of hydrogen-bond acceptors (Lipinski definition) is 4. The molecule has 0 aromatic heterocycles. The zero-order chi connectivity index (χ0) is 26.0. The summed E-state index contributed by atoms with van der Waals surface area (Å²) in [5.74, 6) is -0.827. The maximum Gasteiger partial charge on any atom is 0.309 e. The summed E-state index contributed by atoms with van der Waals surface area (Å²) in [7, 11) is -3.09. The van der Waals surface area contributed by atoms with Gasteiger partial charge in [-0.1, -0.05) is 73.5 Å². The van der Waals surface area contributed by atoms with Crippen molar-refractivity contribution in [3.63, 3.8) is 0 Å². The first-order valence-corrected chi connectivity index (χ1v) is 15.7. The van der Waals surface area contributed by atoms with Gasteiger partial charge in [0.2, 0.25) is 11.4 Å². The second kappa shape index (κ2) is 13.6. The number of aliphatic carboxylic acids is 1. The first-order valence-electron chi connectivity index (χ1n) is 12.7. The molecule has 194 valence electrons. The van der Waals surface area contributed by atoms with Crippen LogP contribution in [0.1, 0.15) is 67.2 Å². The highest BCUT2D eigenvalue weighted by atomic mass is 32.2. The van der Waals surface area contributed by atoms with Gasteiger partial charge in [0.15, 0.2) is 4.75 Å². The lowest BCUT2D eigenvalue weighted by Crippen LogP contribution is -2.69. The molecule has 0 amide bonds. The summed E-state index contributed by atoms with van der Waals surface area (Å²) in [6, 6.07) is 19.9. The number of nitrogens with one attached hydrogen (secondary N) is 1. The molecular formula is C28H44NO4SSi+. The lowest BCUT2D eigenvalue weighted by Gasteiger charge is -2.42. The Morgan fingerprint density at radius 3 is 1.86 bits per heavy atom. The van der Waals surface area contributed by atoms with Crippen LogP contribution in [-0.4, -0.2) is 43.9 Å². The van der Waals surface area contributed by atoms with E-state index in [1.807, 2.05) is 81.4 Å². The van der Waals surface area contributed by atoms with Crippen molar-refractivity contribution in [1.29, 1.82) is 0 Å². The molecule has 0 aliphatic carbocycles. The highest BCUT2D eigenvalue weighted by molar-refractivity contribution is 7.91. The third kappa shape index (κ3) is 7.67. The molecule has 2 N–H and O–H groups in total. The van der Waals surface area contributed by atoms with Crippen molar-refractivity contribution in [3.05, 3.63) is 60.7 Å². The van der Waals surface area contributed by atoms with Gasteiger partial charge in [-0.05, 0) is 64.8 Å². The van der Waals surface area contributed by atoms with Crippen LogP contribution in [0.25, 0.3) is 0 Å². The van der Waals surface area contributed by atoms with E-state index in [9.17, 15) is 9.90 Å². The number of unbranched alkanes of at least 4 members (excludes halogenated alkanes) is 3. The van der Waals surface area contributed by atoms with Crippen LogP contribution in [0.5, 0.6) is 0 Å². The molecule has 2 aromatic rings. The van der Waals surface area contributed by atoms with Gasteiger partial charge in [-0.2, -0.15) is 4.18 Å². The average Bonchev–Trinajstić information content (AvgIpc) is 2.82. The molecule has 0 aliphatic rings. The summed E-state index contributed by atoms with van der Waals surface area (Å²) in [5, 5.41) is 11.2. The molecule has 1 atom stereocenters. The van der Waals surface area contributed by atoms with Gasteiger partial charge < -0.3 is 9.53 Å². The van der Waals surface area contributed by atoms with Crippen LogP contribution in [0.15, 0.2) is 60.7 Å². The third-order valence-electron chi connectivity index (χ3n) is 6.19. The molecule has 35 heavy (non-hydrogen) atoms. The van der Waals surface area contributed by atoms with Crippen molar-refractivity contribution in [2.24, 2.45) is 0 Å². The van der Waals surface area contributed by atoms with E-state index in [0.717, 1.165) is 42.6 Å². The molecule has 0 spiro atoms. The van der Waals surface area contributed by atoms with Crippen LogP contribution < -0.4 is 15.1 Å². The molecule has 5 nitrogen and oxygen atoms in total. The number of carboxylic acids is 1. The van der Waals surface area contributed by atoms with E-state index in [0.29, 0.717) is 13.2 Å². The van der Waals surface area contributed by atoms with Gasteiger partial charge in [0, 0.05) is 13.2 Å². The van der Waals surface area contributed by atoms with E-state index in [4.69, 9.17) is 8.61 Å². The molecule has 7 heteroatoms. The maximum absolute atomic E-state index is 12.5. The number of carboxylic acid groups (broad SMARTS) is 1. The summed E-state index contributed by atoms with van der Waals surface area (Å²) in [6.45, 7) is 14.5. The molecule has 2 aromatic carbocycles. The average molecular weight is 519 g/mol. The Balaban J connectivity index is 2.05. The molecule has 0 aliphatic heterocycles. The van der Waals surface area contributed by atoms with E-state index < -0.39 is 19.3 Å². The number of rotatable bonds is 15. The lowest BCUT2D eigenvalue weighted by molar-refractivity contribution is -0.140. The van der Waals surface area contributed by atoms with Gasteiger partial charge in [0.25, 0.3) is 8.32 Å². The molecule has 0 radical (unpaired) electrons. The quantitative estimate of drug-likeness (QED) is 0.196. The first-order chi connectivity index (χ1) is 16.6. The predicted molar refractivity (Wildman–Crippen MR) is 151 cm³/mol. The minimum atomic E-state index is -3.09. The van der Waals surface area contributed by atoms with E-state index in [-0.39, 0.29) is 16.1 Å². The second-order valence-electron chi connectivity index (χ2n) is 10.3. The highest BCUT2D eigenvalue weighted by Crippen LogP contribution is 2.38. The van der Waals surface area contributed by atoms with Gasteiger partial charge in [0.1, 0.15) is 6.61 Å². The fourth-order valence-corrected chi connectivity index (χ4v) is 10.2. The van der Waals surface area contributed by atoms with Crippen molar-refractivity contribution < 1.29 is 18.5 Å². The van der Waals surface area contributed by atoms with Gasteiger partial charge in [-0.3, -0.25) is 4.79 Å². The SMILES string of the molecule is CCO[S+](NCCCCCCO[Si](c1ccccc1)(c1ccccc1)C(C)(C)C(=O)O)C(C)(C)C. The Bertz CT molecular complexity index is 847. The fraction of sp³-hybridized carbons (Fsp3) is 0.536. The van der Waals surface area contributed by atoms with E-state index >= 15 is 0 Å². The van der Waals surface area contributed by atoms with Crippen molar-refractivity contribution in [2.75, 3.05) is 19.8 Å². The van der Waals surface area contributed by atoms with Crippen LogP contribution in [0, 0.1) is 0 Å². The Kier molecular flexibility index (Phi) is 11.5. The zero-order valence-electron chi connectivity index (χ0n) is 22.3. The summed E-state index contributed by atoms with van der Waals surface area (Å²) in [6.07, 6.45) is 4.12. The molecule has 0 heterocycles. The molecule has 0 fully saturated rings. The zero-order valence-corrected chi connectivity index (χ0v) is 24.1. The molecule has 0 saturated carbocycles. The molecule has 2 rings (SSSR count). The van der Waals surface area contributed by atoms with Crippen molar-refractivity contribution in [2.45, 2.75) is 77.0 Å². The van der Waals surface area contributed by atoms with Crippen LogP contribution in [0.4, 0.5) is 0 Å². The first kappa shape index (κ1) is 29.6. The smallest absolute Gasteiger partial charge is 0.309 e. The van der Waals surface area contributed by atoms with Gasteiger partial charge in [-0.15, -0.1) is 4.72 Å². The largest absolute Gasteiger partial charge is 0.481 e. The van der Waals surface area contributed by atoms with Crippen LogP contribution in [0.2, 0.25) is 5.04 Å². The maximum atomic E-state index is 12.5. The van der Waals surface area contributed by atoms with Crippen molar-refractivity contribution in [1.82, 2.24) is 4.72 Å². The van der Waals surface area contributed by atoms with Gasteiger partial charge >= 0.3 is 5.97 Å². The van der Waals surface area contributed by atoms with Gasteiger partial charge in [-0.25, -0.2) is 0 Å². The van der Waals surface area contributed by atoms with E-state index in [2.05, 4.69) is 25.5 Å². The van der Waals surface area contributed by atoms with Crippen LogP contribution in [-0.2, 0) is 24.8 Å². The van der Waals surface area contributed by atoms with Crippen molar-refractivity contribution >= 4 is 36.0 Å². The third-order valence-corrected chi connectivity index (χ3v) is 13.1. The Morgan fingerprint density at radius 1 is 0.886 bits per heavy atom. The lowest BCUT2D eigenvalue weighted by atomic mass is 10.2. The molecule has 1 unspecified atom stereocenters. The van der Waals surface area contributed by atoms with E-state index in [1.165, 1.54) is 0 Å². The summed E-state index contributed by atoms with van der Waals surface area (Å²) >= 11 is -0.244. The van der Waals surface area contributed by atoms with Gasteiger partial charge in [0.05, 0.1) is 5.04 Å². The van der Waals surface area contributed by atoms with Crippen LogP contribution >= 0.6 is 0 Å². The normalized spacial score (nSPS) is 13.5. The summed E-state index contributed by atoms with van der Waals surface area (Å²) in [5.41, 5.74) is 0. The summed E-state index contributed by atoms with van der Waals surface area (Å²) < 4.78 is 16.3. The Morgan fingerprint density at radius 2 is 1.40 bits per heavy atom. The summed E-state index contributed by atoms with van der Waals surface area (Å²) in [4.78, 5) is 12.5. The topological polar surface area (TPSA) is 67.8 Å². The predicted octanol–water partition coefficient (Wildman–Crippen LogP) is 5.06. The highest BCUT2D eigenvalue weighted by Gasteiger charge is 2.57. The Labute approximate surface area is 216 Å². The monoisotopic (exact) mass is 518 g/mol. The molecule has 0 saturated heterocycles. The second-order valence-corrected chi connectivity index (χ2v) is 16.6. The minimum Gasteiger partial charge on any atom is -0.481 e. The standard InChI is InChI=1S/C28H43NO4SSi/c1-7-32-34(27(2,3)4)29-22-16-8-9-17-23-33-35(28(5,6)26(30)31,24-18-12-10-13-19-24)25-20-14-11-15-21-25/h10-15,18-21,29H,7-9,16-17,22-23H2,1-6H3/p+1. The number of benzene rings is 2. The van der Waals surface area contributed by atoms with Crippen molar-refractivity contribution in [3.8, 4) is 0 Å². The minimum absolute atomic E-state index is 0.0869. The fourth-order valence-electron chi connectivity index (χ4n) is 4.26. The Hall–Kier alpha value is -1.64. The number of carbonyl (C=O) groups is 1. The molecular weight excluding hydrogens is 474 g/mol. The number of hydrogen-bond donors (Lipinski definition) is 2. The molecule has 0 bridgehead atoms.